The summed E-state index contributed by atoms with van der Waals surface area (Å²) in [7, 11) is 1.55. The Hall–Kier alpha value is -2.28. The molecule has 0 aromatic heterocycles. The molecular formula is C21H24Cl2N2O4. The number of hydrogen-bond donors (Lipinski definition) is 1. The number of nitrogens with one attached hydrogen (secondary N) is 1. The molecule has 0 aliphatic heterocycles. The van der Waals surface area contributed by atoms with Gasteiger partial charge in [-0.05, 0) is 36.8 Å². The molecule has 0 heterocycles. The minimum Gasteiger partial charge on any atom is -0.482 e. The van der Waals surface area contributed by atoms with Gasteiger partial charge in [-0.25, -0.2) is 0 Å². The van der Waals surface area contributed by atoms with Gasteiger partial charge >= 0.3 is 0 Å². The van der Waals surface area contributed by atoms with Gasteiger partial charge in [-0.2, -0.15) is 0 Å². The number of benzene rings is 2. The number of para-hydroxylation sites is 1. The molecule has 1 unspecified atom stereocenters. The summed E-state index contributed by atoms with van der Waals surface area (Å²) in [5.41, 5.74) is 0.844. The Balaban J connectivity index is 2.11. The van der Waals surface area contributed by atoms with Crippen LogP contribution in [0.15, 0.2) is 48.5 Å². The molecule has 0 spiro atoms. The van der Waals surface area contributed by atoms with Crippen molar-refractivity contribution in [2.75, 3.05) is 26.9 Å². The van der Waals surface area contributed by atoms with Crippen LogP contribution in [0.3, 0.4) is 0 Å². The molecule has 2 aromatic carbocycles. The van der Waals surface area contributed by atoms with E-state index in [0.29, 0.717) is 28.9 Å². The van der Waals surface area contributed by atoms with Crippen LogP contribution in [-0.4, -0.2) is 49.6 Å². The summed E-state index contributed by atoms with van der Waals surface area (Å²) in [5, 5.41) is 3.76. The first kappa shape index (κ1) is 23.0. The molecule has 2 amide bonds. The SMILES string of the molecule is COCCNC(=O)C(C)N(Cc1ccc(Cl)cc1)C(=O)COc1ccccc1Cl. The van der Waals surface area contributed by atoms with Crippen LogP contribution in [0.5, 0.6) is 5.75 Å². The summed E-state index contributed by atoms with van der Waals surface area (Å²) >= 11 is 12.0. The Kier molecular flexibility index (Phi) is 9.25. The van der Waals surface area contributed by atoms with E-state index < -0.39 is 6.04 Å². The van der Waals surface area contributed by atoms with Crippen molar-refractivity contribution < 1.29 is 19.1 Å². The monoisotopic (exact) mass is 438 g/mol. The molecule has 0 bridgehead atoms. The lowest BCUT2D eigenvalue weighted by Crippen LogP contribution is -2.49. The van der Waals surface area contributed by atoms with E-state index in [9.17, 15) is 9.59 Å². The van der Waals surface area contributed by atoms with Gasteiger partial charge in [0.1, 0.15) is 11.8 Å². The second-order valence-corrected chi connectivity index (χ2v) is 7.17. The fraction of sp³-hybridized carbons (Fsp3) is 0.333. The summed E-state index contributed by atoms with van der Waals surface area (Å²) in [6, 6.07) is 13.3. The van der Waals surface area contributed by atoms with Crippen LogP contribution in [0, 0.1) is 0 Å². The first-order valence-electron chi connectivity index (χ1n) is 9.10. The van der Waals surface area contributed by atoms with E-state index >= 15 is 0 Å². The molecule has 2 rings (SSSR count). The predicted octanol–water partition coefficient (Wildman–Crippen LogP) is 3.55. The highest BCUT2D eigenvalue weighted by Crippen LogP contribution is 2.23. The quantitative estimate of drug-likeness (QED) is 0.575. The van der Waals surface area contributed by atoms with Crippen molar-refractivity contribution in [3.05, 3.63) is 64.1 Å². The zero-order valence-electron chi connectivity index (χ0n) is 16.4. The third-order valence-electron chi connectivity index (χ3n) is 4.23. The maximum absolute atomic E-state index is 12.9. The lowest BCUT2D eigenvalue weighted by Gasteiger charge is -2.28. The van der Waals surface area contributed by atoms with Crippen molar-refractivity contribution in [3.8, 4) is 5.75 Å². The fourth-order valence-electron chi connectivity index (χ4n) is 2.58. The summed E-state index contributed by atoms with van der Waals surface area (Å²) in [4.78, 5) is 26.9. The third-order valence-corrected chi connectivity index (χ3v) is 4.79. The third kappa shape index (κ3) is 7.24. The summed E-state index contributed by atoms with van der Waals surface area (Å²) < 4.78 is 10.5. The van der Waals surface area contributed by atoms with Crippen molar-refractivity contribution in [1.82, 2.24) is 10.2 Å². The van der Waals surface area contributed by atoms with Crippen LogP contribution in [0.2, 0.25) is 10.0 Å². The van der Waals surface area contributed by atoms with Gasteiger partial charge < -0.3 is 19.7 Å². The maximum atomic E-state index is 12.9. The Morgan fingerprint density at radius 2 is 1.79 bits per heavy atom. The molecule has 8 heteroatoms. The lowest BCUT2D eigenvalue weighted by molar-refractivity contribution is -0.142. The summed E-state index contributed by atoms with van der Waals surface area (Å²) in [5.74, 6) is -0.206. The van der Waals surface area contributed by atoms with Crippen LogP contribution in [0.1, 0.15) is 12.5 Å². The van der Waals surface area contributed by atoms with Crippen LogP contribution < -0.4 is 10.1 Å². The second-order valence-electron chi connectivity index (χ2n) is 6.33. The standard InChI is InChI=1S/C21H24Cl2N2O4/c1-15(21(27)24-11-12-28-2)25(13-16-7-9-17(22)10-8-16)20(26)14-29-19-6-4-3-5-18(19)23/h3-10,15H,11-14H2,1-2H3,(H,24,27). The molecule has 0 saturated heterocycles. The highest BCUT2D eigenvalue weighted by Gasteiger charge is 2.26. The number of carbonyl (C=O) groups is 2. The van der Waals surface area contributed by atoms with Crippen molar-refractivity contribution in [3.63, 3.8) is 0 Å². The molecule has 156 valence electrons. The minimum atomic E-state index is -0.704. The Morgan fingerprint density at radius 1 is 1.10 bits per heavy atom. The summed E-state index contributed by atoms with van der Waals surface area (Å²) in [6.07, 6.45) is 0. The van der Waals surface area contributed by atoms with Gasteiger partial charge in [0.15, 0.2) is 6.61 Å². The average Bonchev–Trinajstić information content (AvgIpc) is 2.72. The zero-order chi connectivity index (χ0) is 21.2. The number of carbonyl (C=O) groups excluding carboxylic acids is 2. The number of hydrogen-bond acceptors (Lipinski definition) is 4. The van der Waals surface area contributed by atoms with Gasteiger partial charge in [-0.1, -0.05) is 47.5 Å². The largest absolute Gasteiger partial charge is 0.482 e. The van der Waals surface area contributed by atoms with E-state index in [-0.39, 0.29) is 25.0 Å². The number of rotatable bonds is 10. The Morgan fingerprint density at radius 3 is 2.45 bits per heavy atom. The van der Waals surface area contributed by atoms with Gasteiger partial charge in [-0.15, -0.1) is 0 Å². The molecule has 2 aromatic rings. The number of nitrogens with zero attached hydrogens (tertiary/aromatic N) is 1. The van der Waals surface area contributed by atoms with E-state index in [1.165, 1.54) is 4.90 Å². The zero-order valence-corrected chi connectivity index (χ0v) is 17.9. The van der Waals surface area contributed by atoms with E-state index in [2.05, 4.69) is 5.32 Å². The number of amides is 2. The molecule has 6 nitrogen and oxygen atoms in total. The molecule has 1 atom stereocenters. The minimum absolute atomic E-state index is 0.237. The van der Waals surface area contributed by atoms with Crippen LogP contribution >= 0.6 is 23.2 Å². The molecule has 29 heavy (non-hydrogen) atoms. The number of halogens is 2. The van der Waals surface area contributed by atoms with Crippen molar-refractivity contribution in [2.24, 2.45) is 0 Å². The summed E-state index contributed by atoms with van der Waals surface area (Å²) in [6.45, 7) is 2.41. The average molecular weight is 439 g/mol. The lowest BCUT2D eigenvalue weighted by atomic mass is 10.1. The molecule has 0 saturated carbocycles. The Labute approximate surface area is 180 Å². The van der Waals surface area contributed by atoms with Crippen molar-refractivity contribution in [1.29, 1.82) is 0 Å². The van der Waals surface area contributed by atoms with Crippen molar-refractivity contribution in [2.45, 2.75) is 19.5 Å². The smallest absolute Gasteiger partial charge is 0.261 e. The van der Waals surface area contributed by atoms with Gasteiger partial charge in [0.05, 0.1) is 11.6 Å². The first-order valence-corrected chi connectivity index (χ1v) is 9.86. The number of methoxy groups -OCH3 is 1. The van der Waals surface area contributed by atoms with Crippen LogP contribution in [0.4, 0.5) is 0 Å². The molecule has 0 fully saturated rings. The molecule has 0 radical (unpaired) electrons. The van der Waals surface area contributed by atoms with E-state index in [1.807, 2.05) is 12.1 Å². The molecule has 1 N–H and O–H groups in total. The van der Waals surface area contributed by atoms with Gasteiger partial charge in [0.25, 0.3) is 5.91 Å². The van der Waals surface area contributed by atoms with Gasteiger partial charge in [0, 0.05) is 25.2 Å². The van der Waals surface area contributed by atoms with Gasteiger partial charge in [0.2, 0.25) is 5.91 Å². The van der Waals surface area contributed by atoms with Crippen LogP contribution in [0.25, 0.3) is 0 Å². The first-order chi connectivity index (χ1) is 13.9. The van der Waals surface area contributed by atoms with Crippen molar-refractivity contribution >= 4 is 35.0 Å². The van der Waals surface area contributed by atoms with E-state index in [0.717, 1.165) is 5.56 Å². The molecule has 0 aliphatic carbocycles. The van der Waals surface area contributed by atoms with E-state index in [4.69, 9.17) is 32.7 Å². The van der Waals surface area contributed by atoms with Crippen LogP contribution in [-0.2, 0) is 20.9 Å². The normalized spacial score (nSPS) is 11.6. The number of ether oxygens (including phenoxy) is 2. The van der Waals surface area contributed by atoms with E-state index in [1.54, 1.807) is 50.4 Å². The molecular weight excluding hydrogens is 415 g/mol. The van der Waals surface area contributed by atoms with Gasteiger partial charge in [-0.3, -0.25) is 9.59 Å². The Bertz CT molecular complexity index is 815. The topological polar surface area (TPSA) is 67.9 Å². The predicted molar refractivity (Wildman–Crippen MR) is 113 cm³/mol. The highest BCUT2D eigenvalue weighted by atomic mass is 35.5. The second kappa shape index (κ2) is 11.7. The fourth-order valence-corrected chi connectivity index (χ4v) is 2.89. The molecule has 0 aliphatic rings. The highest BCUT2D eigenvalue weighted by molar-refractivity contribution is 6.32. The maximum Gasteiger partial charge on any atom is 0.261 e.